The molecule has 0 saturated carbocycles. The van der Waals surface area contributed by atoms with Crippen molar-refractivity contribution in [2.75, 3.05) is 26.8 Å². The molecule has 1 aliphatic rings. The number of esters is 1. The Hall–Kier alpha value is -0.610. The van der Waals surface area contributed by atoms with Crippen LogP contribution in [0.15, 0.2) is 0 Å². The standard InChI is InChI=1S/C11H21NO3/c1-9-3-4-10(8-13)7-12(9)6-5-11(14)15-2/h9-10,13H,3-8H2,1-2H3. The summed E-state index contributed by atoms with van der Waals surface area (Å²) >= 11 is 0. The van der Waals surface area contributed by atoms with Crippen molar-refractivity contribution in [3.8, 4) is 0 Å². The third-order valence-electron chi connectivity index (χ3n) is 3.20. The second-order valence-electron chi connectivity index (χ2n) is 4.30. The average Bonchev–Trinajstić information content (AvgIpc) is 2.27. The molecule has 0 aromatic rings. The Balaban J connectivity index is 2.34. The fraction of sp³-hybridized carbons (Fsp3) is 0.909. The highest BCUT2D eigenvalue weighted by Crippen LogP contribution is 2.21. The summed E-state index contributed by atoms with van der Waals surface area (Å²) in [6, 6.07) is 0.512. The van der Waals surface area contributed by atoms with E-state index in [9.17, 15) is 4.79 Å². The zero-order valence-corrected chi connectivity index (χ0v) is 9.61. The predicted octanol–water partition coefficient (Wildman–Crippen LogP) is 0.642. The maximum atomic E-state index is 11.0. The number of hydrogen-bond acceptors (Lipinski definition) is 4. The van der Waals surface area contributed by atoms with Gasteiger partial charge < -0.3 is 9.84 Å². The molecule has 0 aromatic carbocycles. The lowest BCUT2D eigenvalue weighted by molar-refractivity contribution is -0.141. The molecular weight excluding hydrogens is 194 g/mol. The Morgan fingerprint density at radius 1 is 1.53 bits per heavy atom. The summed E-state index contributed by atoms with van der Waals surface area (Å²) in [5, 5.41) is 9.10. The van der Waals surface area contributed by atoms with Crippen molar-refractivity contribution in [1.82, 2.24) is 4.90 Å². The fourth-order valence-electron chi connectivity index (χ4n) is 2.06. The van der Waals surface area contributed by atoms with E-state index in [1.807, 2.05) is 0 Å². The molecule has 1 heterocycles. The van der Waals surface area contributed by atoms with Crippen molar-refractivity contribution in [3.63, 3.8) is 0 Å². The van der Waals surface area contributed by atoms with Gasteiger partial charge in [0.2, 0.25) is 0 Å². The molecule has 88 valence electrons. The van der Waals surface area contributed by atoms with Crippen molar-refractivity contribution < 1.29 is 14.6 Å². The highest BCUT2D eigenvalue weighted by molar-refractivity contribution is 5.69. The van der Waals surface area contributed by atoms with Crippen LogP contribution in [0, 0.1) is 5.92 Å². The third-order valence-corrected chi connectivity index (χ3v) is 3.20. The number of methoxy groups -OCH3 is 1. The minimum Gasteiger partial charge on any atom is -0.469 e. The normalized spacial score (nSPS) is 27.7. The van der Waals surface area contributed by atoms with Gasteiger partial charge in [-0.15, -0.1) is 0 Å². The zero-order valence-electron chi connectivity index (χ0n) is 9.61. The molecule has 15 heavy (non-hydrogen) atoms. The minimum atomic E-state index is -0.159. The first-order valence-electron chi connectivity index (χ1n) is 5.59. The first kappa shape index (κ1) is 12.5. The molecule has 4 nitrogen and oxygen atoms in total. The molecule has 1 aliphatic heterocycles. The Morgan fingerprint density at radius 2 is 2.27 bits per heavy atom. The maximum absolute atomic E-state index is 11.0. The largest absolute Gasteiger partial charge is 0.469 e. The van der Waals surface area contributed by atoms with Crippen LogP contribution in [0.5, 0.6) is 0 Å². The van der Waals surface area contributed by atoms with Crippen molar-refractivity contribution in [3.05, 3.63) is 0 Å². The van der Waals surface area contributed by atoms with E-state index in [1.165, 1.54) is 7.11 Å². The van der Waals surface area contributed by atoms with Gasteiger partial charge in [0, 0.05) is 25.7 Å². The van der Waals surface area contributed by atoms with Gasteiger partial charge in [-0.3, -0.25) is 9.69 Å². The number of aliphatic hydroxyl groups excluding tert-OH is 1. The first-order valence-corrected chi connectivity index (χ1v) is 5.59. The van der Waals surface area contributed by atoms with E-state index in [2.05, 4.69) is 16.6 Å². The molecule has 0 amide bonds. The summed E-state index contributed by atoms with van der Waals surface area (Å²) in [7, 11) is 1.42. The number of hydrogen-bond donors (Lipinski definition) is 1. The van der Waals surface area contributed by atoms with Gasteiger partial charge in [-0.1, -0.05) is 0 Å². The fourth-order valence-corrected chi connectivity index (χ4v) is 2.06. The second-order valence-corrected chi connectivity index (χ2v) is 4.30. The molecule has 0 aliphatic carbocycles. The molecule has 1 N–H and O–H groups in total. The monoisotopic (exact) mass is 215 g/mol. The van der Waals surface area contributed by atoms with E-state index in [0.29, 0.717) is 18.4 Å². The summed E-state index contributed by atoms with van der Waals surface area (Å²) < 4.78 is 4.61. The molecule has 2 unspecified atom stereocenters. The molecule has 2 atom stereocenters. The van der Waals surface area contributed by atoms with Crippen molar-refractivity contribution in [2.24, 2.45) is 5.92 Å². The Labute approximate surface area is 91.2 Å². The van der Waals surface area contributed by atoms with Crippen LogP contribution in [0.2, 0.25) is 0 Å². The van der Waals surface area contributed by atoms with E-state index in [1.54, 1.807) is 0 Å². The third kappa shape index (κ3) is 3.80. The number of carbonyl (C=O) groups excluding carboxylic acids is 1. The Kier molecular flexibility index (Phi) is 5.05. The summed E-state index contributed by atoms with van der Waals surface area (Å²) in [6.07, 6.45) is 2.64. The number of rotatable bonds is 4. The van der Waals surface area contributed by atoms with Crippen LogP contribution < -0.4 is 0 Å². The molecule has 0 spiro atoms. The zero-order chi connectivity index (χ0) is 11.3. The van der Waals surface area contributed by atoms with Crippen LogP contribution in [-0.2, 0) is 9.53 Å². The Morgan fingerprint density at radius 3 is 2.87 bits per heavy atom. The van der Waals surface area contributed by atoms with Crippen LogP contribution in [0.25, 0.3) is 0 Å². The van der Waals surface area contributed by atoms with E-state index >= 15 is 0 Å². The van der Waals surface area contributed by atoms with Crippen LogP contribution in [0.1, 0.15) is 26.2 Å². The van der Waals surface area contributed by atoms with Crippen molar-refractivity contribution in [2.45, 2.75) is 32.2 Å². The van der Waals surface area contributed by atoms with E-state index in [0.717, 1.165) is 25.9 Å². The molecule has 0 radical (unpaired) electrons. The van der Waals surface area contributed by atoms with Gasteiger partial charge in [-0.2, -0.15) is 0 Å². The highest BCUT2D eigenvalue weighted by Gasteiger charge is 2.24. The molecule has 4 heteroatoms. The molecule has 0 bridgehead atoms. The second kappa shape index (κ2) is 6.08. The van der Waals surface area contributed by atoms with Crippen molar-refractivity contribution in [1.29, 1.82) is 0 Å². The van der Waals surface area contributed by atoms with Gasteiger partial charge >= 0.3 is 5.97 Å². The lowest BCUT2D eigenvalue weighted by atomic mass is 9.94. The van der Waals surface area contributed by atoms with Crippen molar-refractivity contribution >= 4 is 5.97 Å². The van der Waals surface area contributed by atoms with Gasteiger partial charge in [-0.25, -0.2) is 0 Å². The van der Waals surface area contributed by atoms with Gasteiger partial charge in [0.15, 0.2) is 0 Å². The summed E-state index contributed by atoms with van der Waals surface area (Å²) in [4.78, 5) is 13.3. The quantitative estimate of drug-likeness (QED) is 0.699. The molecule has 1 rings (SSSR count). The van der Waals surface area contributed by atoms with Crippen LogP contribution >= 0.6 is 0 Å². The highest BCUT2D eigenvalue weighted by atomic mass is 16.5. The van der Waals surface area contributed by atoms with Gasteiger partial charge in [0.05, 0.1) is 13.5 Å². The molecule has 1 saturated heterocycles. The smallest absolute Gasteiger partial charge is 0.306 e. The van der Waals surface area contributed by atoms with Gasteiger partial charge in [0.25, 0.3) is 0 Å². The number of likely N-dealkylation sites (tertiary alicyclic amines) is 1. The molecular formula is C11H21NO3. The number of piperidine rings is 1. The van der Waals surface area contributed by atoms with E-state index in [-0.39, 0.29) is 12.6 Å². The van der Waals surface area contributed by atoms with Crippen LogP contribution in [-0.4, -0.2) is 48.8 Å². The van der Waals surface area contributed by atoms with Crippen LogP contribution in [0.4, 0.5) is 0 Å². The van der Waals surface area contributed by atoms with E-state index in [4.69, 9.17) is 5.11 Å². The summed E-state index contributed by atoms with van der Waals surface area (Å²) in [5.74, 6) is 0.215. The van der Waals surface area contributed by atoms with E-state index < -0.39 is 0 Å². The van der Waals surface area contributed by atoms with Crippen LogP contribution in [0.3, 0.4) is 0 Å². The van der Waals surface area contributed by atoms with Gasteiger partial charge in [-0.05, 0) is 25.7 Å². The number of ether oxygens (including phenoxy) is 1. The lowest BCUT2D eigenvalue weighted by Gasteiger charge is -2.37. The number of aliphatic hydroxyl groups is 1. The number of nitrogens with zero attached hydrogens (tertiary/aromatic N) is 1. The summed E-state index contributed by atoms with van der Waals surface area (Å²) in [6.45, 7) is 4.06. The lowest BCUT2D eigenvalue weighted by Crippen LogP contribution is -2.43. The maximum Gasteiger partial charge on any atom is 0.306 e. The minimum absolute atomic E-state index is 0.159. The molecule has 0 aromatic heterocycles. The van der Waals surface area contributed by atoms with Gasteiger partial charge in [0.1, 0.15) is 0 Å². The molecule has 1 fully saturated rings. The number of carbonyl (C=O) groups is 1. The SMILES string of the molecule is COC(=O)CCN1CC(CO)CCC1C. The summed E-state index contributed by atoms with van der Waals surface area (Å²) in [5.41, 5.74) is 0. The Bertz CT molecular complexity index is 208. The topological polar surface area (TPSA) is 49.8 Å². The average molecular weight is 215 g/mol. The predicted molar refractivity (Wildman–Crippen MR) is 57.5 cm³/mol. The first-order chi connectivity index (χ1) is 7.17.